The summed E-state index contributed by atoms with van der Waals surface area (Å²) in [5, 5.41) is 28.2. The minimum atomic E-state index is -3.62. The Kier molecular flexibility index (Phi) is 16.2. The molecule has 7 rings (SSSR count). The first-order valence-corrected chi connectivity index (χ1v) is 23.8. The zero-order chi connectivity index (χ0) is 46.7. The Balaban J connectivity index is 0.000000224. The third-order valence-corrected chi connectivity index (χ3v) is 11.9. The van der Waals surface area contributed by atoms with Gasteiger partial charge in [0, 0.05) is 59.4 Å². The summed E-state index contributed by atoms with van der Waals surface area (Å²) >= 11 is 2.79. The summed E-state index contributed by atoms with van der Waals surface area (Å²) < 4.78 is 42.3. The number of thiophene rings is 2. The van der Waals surface area contributed by atoms with Crippen LogP contribution in [0.15, 0.2) is 82.2 Å². The lowest BCUT2D eigenvalue weighted by molar-refractivity contribution is -0.144. The third kappa shape index (κ3) is 13.5. The van der Waals surface area contributed by atoms with Gasteiger partial charge in [0.1, 0.15) is 30.5 Å². The molecule has 3 aliphatic rings. The number of hydrogen-bond acceptors (Lipinski definition) is 17. The molecular formula is C42H46N8O12S3. The van der Waals surface area contributed by atoms with Crippen LogP contribution in [0.25, 0.3) is 0 Å². The monoisotopic (exact) mass is 950 g/mol. The van der Waals surface area contributed by atoms with Gasteiger partial charge < -0.3 is 29.7 Å². The number of amides is 5. The number of piperazine rings is 1. The zero-order valence-electron chi connectivity index (χ0n) is 35.2. The number of carbonyl (C=O) groups is 6. The number of nitrogens with one attached hydrogen (secondary N) is 4. The van der Waals surface area contributed by atoms with Gasteiger partial charge in [0.25, 0.3) is 21.9 Å². The lowest BCUT2D eigenvalue weighted by Gasteiger charge is -2.34. The smallest absolute Gasteiger partial charge is 0.414 e. The van der Waals surface area contributed by atoms with Crippen LogP contribution in [0.2, 0.25) is 0 Å². The second-order valence-corrected chi connectivity index (χ2v) is 17.9. The van der Waals surface area contributed by atoms with Crippen molar-refractivity contribution in [3.8, 4) is 0 Å². The normalized spacial score (nSPS) is 17.4. The molecular weight excluding hydrogens is 905 g/mol. The molecule has 4 N–H and O–H groups in total. The van der Waals surface area contributed by atoms with Gasteiger partial charge in [-0.05, 0) is 78.3 Å². The topological polar surface area (TPSA) is 258 Å². The predicted octanol–water partition coefficient (Wildman–Crippen LogP) is 3.73. The minimum Gasteiger partial charge on any atom is -0.466 e. The number of anilines is 2. The summed E-state index contributed by atoms with van der Waals surface area (Å²) in [5.41, 5.74) is 3.10. The van der Waals surface area contributed by atoms with E-state index in [0.29, 0.717) is 73.0 Å². The quantitative estimate of drug-likeness (QED) is 0.0436. The Morgan fingerprint density at radius 2 is 1.26 bits per heavy atom. The largest absolute Gasteiger partial charge is 0.466 e. The highest BCUT2D eigenvalue weighted by molar-refractivity contribution is 7.86. The van der Waals surface area contributed by atoms with Gasteiger partial charge in [0.05, 0.1) is 50.0 Å². The summed E-state index contributed by atoms with van der Waals surface area (Å²) in [7, 11) is -3.62. The van der Waals surface area contributed by atoms with Crippen molar-refractivity contribution in [1.29, 1.82) is 10.8 Å². The van der Waals surface area contributed by atoms with Gasteiger partial charge in [0.2, 0.25) is 5.91 Å². The molecule has 20 nitrogen and oxygen atoms in total. The molecule has 2 aromatic carbocycles. The van der Waals surface area contributed by atoms with Crippen molar-refractivity contribution in [2.45, 2.75) is 25.6 Å². The lowest BCUT2D eigenvalue weighted by atomic mass is 10.1. The van der Waals surface area contributed by atoms with Crippen molar-refractivity contribution in [3.63, 3.8) is 0 Å². The second-order valence-electron chi connectivity index (χ2n) is 14.7. The Morgan fingerprint density at radius 3 is 1.72 bits per heavy atom. The number of ether oxygens (including phenoxy) is 3. The molecule has 344 valence electrons. The van der Waals surface area contributed by atoms with E-state index in [0.717, 1.165) is 6.26 Å². The molecule has 3 fully saturated rings. The number of carbonyl (C=O) groups excluding carboxylic acids is 6. The highest BCUT2D eigenvalue weighted by Gasteiger charge is 2.36. The van der Waals surface area contributed by atoms with E-state index in [1.165, 1.54) is 32.5 Å². The molecule has 3 saturated heterocycles. The second kappa shape index (κ2) is 21.9. The van der Waals surface area contributed by atoms with Crippen molar-refractivity contribution in [3.05, 3.63) is 104 Å². The fourth-order valence-corrected chi connectivity index (χ4v) is 8.33. The van der Waals surface area contributed by atoms with E-state index in [4.69, 9.17) is 25.0 Å². The molecule has 4 aromatic rings. The van der Waals surface area contributed by atoms with E-state index in [1.54, 1.807) is 94.0 Å². The number of cyclic esters (lactones) is 2. The van der Waals surface area contributed by atoms with Crippen molar-refractivity contribution in [2.24, 2.45) is 0 Å². The van der Waals surface area contributed by atoms with Crippen molar-refractivity contribution in [2.75, 3.05) is 75.1 Å². The van der Waals surface area contributed by atoms with Gasteiger partial charge >= 0.3 is 18.2 Å². The van der Waals surface area contributed by atoms with Crippen LogP contribution >= 0.6 is 22.7 Å². The first-order chi connectivity index (χ1) is 31.1. The van der Waals surface area contributed by atoms with Gasteiger partial charge in [-0.25, -0.2) is 9.59 Å². The number of rotatable bonds is 15. The molecule has 0 aliphatic carbocycles. The summed E-state index contributed by atoms with van der Waals surface area (Å²) in [6.07, 6.45) is -1.09. The molecule has 5 amide bonds. The molecule has 0 bridgehead atoms. The fourth-order valence-electron chi connectivity index (χ4n) is 6.66. The first kappa shape index (κ1) is 47.9. The van der Waals surface area contributed by atoms with Crippen molar-refractivity contribution in [1.82, 2.24) is 20.4 Å². The average Bonchev–Trinajstić information content (AvgIpc) is 4.12. The number of hydrogen-bond donors (Lipinski definition) is 4. The molecule has 2 atom stereocenters. The standard InChI is InChI=1S/C25H29N5O6S.C17H17N3O6S2/c1-2-35-22(32)7-9-29-11-10-28(15-21(29)31)13-20-14-30(25(34)36-20)19-5-3-17(4-6-19)23(26)27-24(33)18-8-12-37-16-18;1-28(23,24)25-9-14-8-20(17(22)26-14)13-4-2-11(3-5-13)15(18)19-16(21)12-6-7-27-10-12/h3-6,8,12,16,20H,2,7,9-11,13-15H2,1H3,(H2,26,27,33);2-7,10,14H,8-9H2,1H3,(H2,18,19,21). The molecule has 2 aromatic heterocycles. The summed E-state index contributed by atoms with van der Waals surface area (Å²) in [4.78, 5) is 79.2. The number of benzene rings is 2. The van der Waals surface area contributed by atoms with Crippen LogP contribution in [0.5, 0.6) is 0 Å². The van der Waals surface area contributed by atoms with Crippen molar-refractivity contribution >= 4 is 91.7 Å². The minimum absolute atomic E-state index is 0.0318. The molecule has 2 unspecified atom stereocenters. The molecule has 3 aliphatic heterocycles. The SMILES string of the molecule is CCOC(=O)CCN1CCN(CC2CN(c3ccc(C(=N)NC(=O)c4ccsc4)cc3)C(=O)O2)CC1=O.CS(=O)(=O)OCC1CN(c2ccc(C(=N)NC(=O)c3ccsc3)cc2)C(=O)O1. The van der Waals surface area contributed by atoms with Gasteiger partial charge in [-0.3, -0.25) is 48.9 Å². The molecule has 5 heterocycles. The van der Waals surface area contributed by atoms with Gasteiger partial charge in [-0.1, -0.05) is 0 Å². The summed E-state index contributed by atoms with van der Waals surface area (Å²) in [6, 6.07) is 16.5. The lowest BCUT2D eigenvalue weighted by Crippen LogP contribution is -2.52. The maximum atomic E-state index is 12.5. The van der Waals surface area contributed by atoms with E-state index in [9.17, 15) is 37.2 Å². The van der Waals surface area contributed by atoms with Crippen LogP contribution in [0, 0.1) is 10.8 Å². The van der Waals surface area contributed by atoms with Gasteiger partial charge in [-0.2, -0.15) is 31.1 Å². The summed E-state index contributed by atoms with van der Waals surface area (Å²) in [6.45, 7) is 4.37. The van der Waals surface area contributed by atoms with Gasteiger partial charge in [0.15, 0.2) is 0 Å². The molecule has 0 radical (unpaired) electrons. The summed E-state index contributed by atoms with van der Waals surface area (Å²) in [5.74, 6) is -1.20. The highest BCUT2D eigenvalue weighted by Crippen LogP contribution is 2.25. The Labute approximate surface area is 382 Å². The number of esters is 1. The number of nitrogens with zero attached hydrogens (tertiary/aromatic N) is 4. The zero-order valence-corrected chi connectivity index (χ0v) is 37.7. The van der Waals surface area contributed by atoms with Crippen LogP contribution in [0.3, 0.4) is 0 Å². The van der Waals surface area contributed by atoms with Crippen LogP contribution in [0.4, 0.5) is 21.0 Å². The third-order valence-electron chi connectivity index (χ3n) is 9.95. The van der Waals surface area contributed by atoms with E-state index in [2.05, 4.69) is 14.8 Å². The molecule has 65 heavy (non-hydrogen) atoms. The highest BCUT2D eigenvalue weighted by atomic mass is 32.2. The predicted molar refractivity (Wildman–Crippen MR) is 240 cm³/mol. The number of amidine groups is 2. The first-order valence-electron chi connectivity index (χ1n) is 20.1. The van der Waals surface area contributed by atoms with Crippen LogP contribution in [-0.4, -0.2) is 143 Å². The average molecular weight is 951 g/mol. The Bertz CT molecular complexity index is 2480. The van der Waals surface area contributed by atoms with Crippen LogP contribution in [0.1, 0.15) is 45.2 Å². The van der Waals surface area contributed by atoms with Gasteiger partial charge in [-0.15, -0.1) is 0 Å². The Morgan fingerprint density at radius 1 is 0.754 bits per heavy atom. The van der Waals surface area contributed by atoms with Crippen molar-refractivity contribution < 1.29 is 55.6 Å². The van der Waals surface area contributed by atoms with E-state index in [-0.39, 0.29) is 61.5 Å². The maximum absolute atomic E-state index is 12.5. The molecule has 0 saturated carbocycles. The Hall–Kier alpha value is -6.53. The molecule has 23 heteroatoms. The molecule has 0 spiro atoms. The van der Waals surface area contributed by atoms with E-state index in [1.807, 2.05) is 4.90 Å². The fraction of sp³-hybridized carbons (Fsp3) is 0.333. The maximum Gasteiger partial charge on any atom is 0.414 e. The van der Waals surface area contributed by atoms with E-state index >= 15 is 0 Å². The van der Waals surface area contributed by atoms with Crippen LogP contribution < -0.4 is 20.4 Å². The van der Waals surface area contributed by atoms with Crippen LogP contribution in [-0.2, 0) is 38.1 Å². The van der Waals surface area contributed by atoms with E-state index < -0.39 is 34.5 Å².